The smallest absolute Gasteiger partial charge is 0.290 e. The molecule has 5 N–H and O–H groups in total. The van der Waals surface area contributed by atoms with Crippen molar-refractivity contribution in [1.29, 1.82) is 0 Å². The number of anilines is 4. The number of nitrogens with zero attached hydrogens (tertiary/aromatic N) is 1. The lowest BCUT2D eigenvalue weighted by molar-refractivity contribution is -0.106. The Morgan fingerprint density at radius 1 is 0.815 bits per heavy atom. The van der Waals surface area contributed by atoms with Gasteiger partial charge in [0.05, 0.1) is 65.0 Å². The number of carbonyl (C=O) groups is 2. The second-order valence-corrected chi connectivity index (χ2v) is 17.1. The Labute approximate surface area is 358 Å². The van der Waals surface area contributed by atoms with E-state index in [4.69, 9.17) is 21.3 Å². The van der Waals surface area contributed by atoms with Crippen molar-refractivity contribution in [1.82, 2.24) is 9.57 Å². The normalized spacial score (nSPS) is 11.4. The van der Waals surface area contributed by atoms with Crippen LogP contribution >= 0.6 is 88.9 Å². The average Bonchev–Trinajstić information content (AvgIpc) is 3.07. The molecular formula is C35H33Br2ClF4I2N4O6. The maximum atomic E-state index is 14.5. The molecule has 0 unspecified atom stereocenters. The lowest BCUT2D eigenvalue weighted by atomic mass is 10.1. The van der Waals surface area contributed by atoms with Crippen molar-refractivity contribution in [3.05, 3.63) is 111 Å². The number of aryl methyl sites for hydroxylation is 1. The van der Waals surface area contributed by atoms with E-state index in [0.717, 1.165) is 30.9 Å². The summed E-state index contributed by atoms with van der Waals surface area (Å²) in [4.78, 5) is 35.1. The lowest BCUT2D eigenvalue weighted by Gasteiger charge is -2.22. The maximum absolute atomic E-state index is 14.5. The number of benzene rings is 4. The molecule has 4 aromatic carbocycles. The highest BCUT2D eigenvalue weighted by Gasteiger charge is 2.26. The number of carbonyl (C=O) groups excluding carboxylic acids is 2. The van der Waals surface area contributed by atoms with Crippen molar-refractivity contribution < 1.29 is 47.0 Å². The van der Waals surface area contributed by atoms with Gasteiger partial charge >= 0.3 is 0 Å². The first kappa shape index (κ1) is 46.1. The number of amides is 2. The summed E-state index contributed by atoms with van der Waals surface area (Å²) in [6, 6.07) is 13.4. The zero-order valence-electron chi connectivity index (χ0n) is 29.0. The van der Waals surface area contributed by atoms with Crippen LogP contribution in [-0.4, -0.2) is 50.5 Å². The van der Waals surface area contributed by atoms with Gasteiger partial charge in [-0.05, 0) is 156 Å². The quantitative estimate of drug-likeness (QED) is 0.0312. The number of hydrogen-bond donors (Lipinski definition) is 5. The molecule has 19 heteroatoms. The average molecular weight is 1130 g/mol. The van der Waals surface area contributed by atoms with Gasteiger partial charge in [-0.25, -0.2) is 23.0 Å². The molecule has 0 aromatic heterocycles. The van der Waals surface area contributed by atoms with Crippen molar-refractivity contribution in [2.75, 3.05) is 23.8 Å². The molecule has 0 aliphatic rings. The molecule has 0 spiro atoms. The fraction of sp³-hybridized carbons (Fsp3) is 0.257. The Kier molecular flexibility index (Phi) is 16.8. The number of hydroxylamine groups is 2. The van der Waals surface area contributed by atoms with E-state index in [1.54, 1.807) is 30.3 Å². The molecule has 0 fully saturated rings. The van der Waals surface area contributed by atoms with E-state index in [-0.39, 0.29) is 39.5 Å². The third kappa shape index (κ3) is 13.4. The molecule has 4 rings (SSSR count). The van der Waals surface area contributed by atoms with Gasteiger partial charge in [0.1, 0.15) is 13.2 Å². The topological polar surface area (TPSA) is 132 Å². The predicted octanol–water partition coefficient (Wildman–Crippen LogP) is 10.2. The molecule has 2 amide bonds. The summed E-state index contributed by atoms with van der Waals surface area (Å²) in [5.41, 5.74) is 0.306. The van der Waals surface area contributed by atoms with Crippen molar-refractivity contribution in [3.63, 3.8) is 0 Å². The number of hydrogen-bond acceptors (Lipinski definition) is 8. The summed E-state index contributed by atoms with van der Waals surface area (Å²) in [7, 11) is 0. The van der Waals surface area contributed by atoms with Crippen LogP contribution in [0.3, 0.4) is 0 Å². The molecule has 10 nitrogen and oxygen atoms in total. The van der Waals surface area contributed by atoms with Crippen molar-refractivity contribution in [2.24, 2.45) is 0 Å². The minimum Gasteiger partial charge on any atom is -0.388 e. The highest BCUT2D eigenvalue weighted by molar-refractivity contribution is 14.1. The van der Waals surface area contributed by atoms with Gasteiger partial charge in [-0.3, -0.25) is 19.3 Å². The van der Waals surface area contributed by atoms with Crippen molar-refractivity contribution in [3.8, 4) is 0 Å². The molecule has 292 valence electrons. The summed E-state index contributed by atoms with van der Waals surface area (Å²) in [6.45, 7) is 7.40. The second-order valence-electron chi connectivity index (χ2n) is 12.7. The molecule has 0 saturated carbocycles. The molecular weight excluding hydrogens is 1100 g/mol. The Hall–Kier alpha value is -2.31. The van der Waals surface area contributed by atoms with Gasteiger partial charge in [-0.1, -0.05) is 11.6 Å². The maximum Gasteiger partial charge on any atom is 0.290 e. The molecule has 0 heterocycles. The Morgan fingerprint density at radius 2 is 1.37 bits per heavy atom. The minimum atomic E-state index is -1.26. The van der Waals surface area contributed by atoms with Gasteiger partial charge < -0.3 is 20.8 Å². The first-order valence-corrected chi connectivity index (χ1v) is 19.4. The first-order valence-electron chi connectivity index (χ1n) is 15.4. The largest absolute Gasteiger partial charge is 0.388 e. The van der Waals surface area contributed by atoms with E-state index in [9.17, 15) is 37.4 Å². The van der Waals surface area contributed by atoms with Crippen LogP contribution in [0, 0.1) is 37.3 Å². The molecule has 0 atom stereocenters. The van der Waals surface area contributed by atoms with Crippen LogP contribution in [0.5, 0.6) is 0 Å². The third-order valence-electron chi connectivity index (χ3n) is 6.65. The SMILES string of the molecule is CC(C)(O)CONC(=O)c1cc(Br)c(F)c(F)c1Nc1ccc(I)cc1Cl.Cc1cc(I)ccc1Nc1c(C(=O)N(Br)OCC(C)(C)O)ccc(F)c1F. The predicted molar refractivity (Wildman–Crippen MR) is 222 cm³/mol. The summed E-state index contributed by atoms with van der Waals surface area (Å²) in [5, 5.41) is 25.0. The number of rotatable bonds is 12. The zero-order chi connectivity index (χ0) is 40.7. The Morgan fingerprint density at radius 3 is 1.94 bits per heavy atom. The fourth-order valence-electron chi connectivity index (χ4n) is 4.08. The molecule has 0 saturated heterocycles. The van der Waals surface area contributed by atoms with E-state index in [1.165, 1.54) is 27.7 Å². The van der Waals surface area contributed by atoms with Crippen LogP contribution in [0.1, 0.15) is 54.0 Å². The number of halogens is 9. The van der Waals surface area contributed by atoms with E-state index < -0.39 is 52.0 Å². The van der Waals surface area contributed by atoms with Gasteiger partial charge in [0.15, 0.2) is 23.3 Å². The molecule has 54 heavy (non-hydrogen) atoms. The van der Waals surface area contributed by atoms with Crippen molar-refractivity contribution >= 4 is 123 Å². The highest BCUT2D eigenvalue weighted by atomic mass is 127. The summed E-state index contributed by atoms with van der Waals surface area (Å²) >= 11 is 16.1. The van der Waals surface area contributed by atoms with Crippen LogP contribution in [0.4, 0.5) is 40.3 Å². The first-order chi connectivity index (χ1) is 25.0. The Bertz CT molecular complexity index is 2020. The molecule has 0 bridgehead atoms. The van der Waals surface area contributed by atoms with Gasteiger partial charge in [-0.2, -0.15) is 0 Å². The molecule has 4 aromatic rings. The molecule has 0 radical (unpaired) electrons. The van der Waals surface area contributed by atoms with Gasteiger partial charge in [0, 0.05) is 12.8 Å². The highest BCUT2D eigenvalue weighted by Crippen LogP contribution is 2.34. The Balaban J connectivity index is 0.000000290. The zero-order valence-corrected chi connectivity index (χ0v) is 37.2. The number of aliphatic hydroxyl groups is 2. The molecule has 0 aliphatic heterocycles. The van der Waals surface area contributed by atoms with E-state index in [2.05, 4.69) is 93.4 Å². The summed E-state index contributed by atoms with van der Waals surface area (Å²) in [6.07, 6.45) is 0. The standard InChI is InChI=1S/C18H18BrF2IN2O3.C17H15BrClF2IN2O3/c1-10-8-11(22)4-7-14(10)23-16-12(5-6-13(20)15(16)21)17(25)24(19)27-9-18(2,3)26;1-17(2,26)7-27-24-16(25)9-6-10(18)13(20)14(21)15(9)23-12-4-3-8(22)5-11(12)19/h4-8,23,26H,9H2,1-3H3;3-6,23,26H,7H2,1-2H3,(H,24,25). The van der Waals surface area contributed by atoms with Crippen LogP contribution in [0.25, 0.3) is 0 Å². The van der Waals surface area contributed by atoms with Gasteiger partial charge in [0.25, 0.3) is 11.8 Å². The summed E-state index contributed by atoms with van der Waals surface area (Å²) < 4.78 is 59.1. The van der Waals surface area contributed by atoms with E-state index in [1.807, 2.05) is 13.0 Å². The van der Waals surface area contributed by atoms with E-state index in [0.29, 0.717) is 15.5 Å². The lowest BCUT2D eigenvalue weighted by Crippen LogP contribution is -2.33. The van der Waals surface area contributed by atoms with E-state index >= 15 is 0 Å². The summed E-state index contributed by atoms with van der Waals surface area (Å²) in [5.74, 6) is -6.27. The van der Waals surface area contributed by atoms with Crippen molar-refractivity contribution in [2.45, 2.75) is 45.8 Å². The van der Waals surface area contributed by atoms with Crippen LogP contribution in [-0.2, 0) is 9.68 Å². The molecule has 0 aliphatic carbocycles. The van der Waals surface area contributed by atoms with Crippen LogP contribution < -0.4 is 16.1 Å². The minimum absolute atomic E-state index is 0.139. The second kappa shape index (κ2) is 19.7. The van der Waals surface area contributed by atoms with Gasteiger partial charge in [-0.15, -0.1) is 4.09 Å². The van der Waals surface area contributed by atoms with Crippen LogP contribution in [0.15, 0.2) is 59.1 Å². The van der Waals surface area contributed by atoms with Crippen LogP contribution in [0.2, 0.25) is 5.02 Å². The van der Waals surface area contributed by atoms with Gasteiger partial charge in [0.2, 0.25) is 0 Å². The number of nitrogens with one attached hydrogen (secondary N) is 3. The monoisotopic (exact) mass is 1130 g/mol. The third-order valence-corrected chi connectivity index (χ3v) is 9.41. The fourth-order valence-corrected chi connectivity index (χ4v) is 6.32.